The highest BCUT2D eigenvalue weighted by Gasteiger charge is 2.10. The molecule has 0 N–H and O–H groups in total. The summed E-state index contributed by atoms with van der Waals surface area (Å²) in [5.41, 5.74) is 0.878. The van der Waals surface area contributed by atoms with Crippen molar-refractivity contribution in [2.75, 3.05) is 0 Å². The van der Waals surface area contributed by atoms with Crippen molar-refractivity contribution in [3.05, 3.63) is 66.0 Å². The zero-order valence-electron chi connectivity index (χ0n) is 8.60. The second-order valence-electron chi connectivity index (χ2n) is 3.43. The van der Waals surface area contributed by atoms with Crippen LogP contribution in [0.2, 0.25) is 0 Å². The molecule has 0 spiro atoms. The lowest BCUT2D eigenvalue weighted by molar-refractivity contribution is 0.594. The van der Waals surface area contributed by atoms with Crippen LogP contribution in [0, 0.1) is 5.82 Å². The largest absolute Gasteiger partial charge is 0.611 e. The molecule has 0 aromatic heterocycles. The third kappa shape index (κ3) is 2.84. The molecule has 3 heteroatoms. The van der Waals surface area contributed by atoms with E-state index in [-0.39, 0.29) is 5.82 Å². The SMILES string of the molecule is [O-][S+](Cc1ccc(F)cc1)c1ccccc1. The molecule has 0 radical (unpaired) electrons. The molecule has 0 amide bonds. The molecule has 1 nitrogen and oxygen atoms in total. The van der Waals surface area contributed by atoms with Gasteiger partial charge in [0.05, 0.1) is 0 Å². The van der Waals surface area contributed by atoms with Crippen molar-refractivity contribution in [3.63, 3.8) is 0 Å². The van der Waals surface area contributed by atoms with Crippen LogP contribution < -0.4 is 0 Å². The Morgan fingerprint density at radius 1 is 0.938 bits per heavy atom. The van der Waals surface area contributed by atoms with E-state index in [1.54, 1.807) is 12.1 Å². The highest BCUT2D eigenvalue weighted by Crippen LogP contribution is 2.16. The van der Waals surface area contributed by atoms with Crippen LogP contribution in [0.5, 0.6) is 0 Å². The summed E-state index contributed by atoms with van der Waals surface area (Å²) in [6.45, 7) is 0. The van der Waals surface area contributed by atoms with Gasteiger partial charge in [-0.05, 0) is 35.4 Å². The van der Waals surface area contributed by atoms with Gasteiger partial charge < -0.3 is 4.55 Å². The molecule has 0 heterocycles. The van der Waals surface area contributed by atoms with Crippen molar-refractivity contribution in [2.24, 2.45) is 0 Å². The number of benzene rings is 2. The maximum absolute atomic E-state index is 12.7. The Labute approximate surface area is 97.1 Å². The van der Waals surface area contributed by atoms with E-state index in [0.29, 0.717) is 5.75 Å². The molecule has 0 aliphatic carbocycles. The highest BCUT2D eigenvalue weighted by atomic mass is 32.2. The zero-order chi connectivity index (χ0) is 11.4. The predicted molar refractivity (Wildman–Crippen MR) is 63.0 cm³/mol. The summed E-state index contributed by atoms with van der Waals surface area (Å²) in [6, 6.07) is 15.4. The molecule has 2 rings (SSSR count). The lowest BCUT2D eigenvalue weighted by Crippen LogP contribution is -2.04. The van der Waals surface area contributed by atoms with Crippen LogP contribution in [0.1, 0.15) is 5.56 Å². The standard InChI is InChI=1S/C13H11FOS/c14-12-8-6-11(7-9-12)10-16(15)13-4-2-1-3-5-13/h1-9H,10H2. The number of halogens is 1. The van der Waals surface area contributed by atoms with E-state index in [9.17, 15) is 8.94 Å². The third-order valence-corrected chi connectivity index (χ3v) is 3.61. The monoisotopic (exact) mass is 234 g/mol. The molecular weight excluding hydrogens is 223 g/mol. The van der Waals surface area contributed by atoms with Crippen LogP contribution in [0.3, 0.4) is 0 Å². The second-order valence-corrected chi connectivity index (χ2v) is 4.88. The summed E-state index contributed by atoms with van der Waals surface area (Å²) in [5, 5.41) is 0. The summed E-state index contributed by atoms with van der Waals surface area (Å²) in [6.07, 6.45) is 0. The summed E-state index contributed by atoms with van der Waals surface area (Å²) in [4.78, 5) is 0.798. The minimum atomic E-state index is -1.06. The van der Waals surface area contributed by atoms with Crippen molar-refractivity contribution >= 4 is 11.2 Å². The Morgan fingerprint density at radius 3 is 2.19 bits per heavy atom. The summed E-state index contributed by atoms with van der Waals surface area (Å²) in [5.74, 6) is 0.152. The predicted octanol–water partition coefficient (Wildman–Crippen LogP) is 3.13. The van der Waals surface area contributed by atoms with Crippen molar-refractivity contribution in [1.29, 1.82) is 0 Å². The molecule has 82 valence electrons. The Balaban J connectivity index is 2.08. The molecule has 0 saturated heterocycles. The van der Waals surface area contributed by atoms with Gasteiger partial charge in [-0.2, -0.15) is 0 Å². The average molecular weight is 234 g/mol. The fraction of sp³-hybridized carbons (Fsp3) is 0.0769. The molecule has 1 unspecified atom stereocenters. The number of hydrogen-bond acceptors (Lipinski definition) is 1. The normalized spacial score (nSPS) is 12.4. The minimum Gasteiger partial charge on any atom is -0.611 e. The second kappa shape index (κ2) is 5.14. The van der Waals surface area contributed by atoms with Crippen LogP contribution in [0.25, 0.3) is 0 Å². The van der Waals surface area contributed by atoms with Gasteiger partial charge in [0.15, 0.2) is 4.90 Å². The number of rotatable bonds is 3. The molecule has 0 fully saturated rings. The van der Waals surface area contributed by atoms with E-state index in [2.05, 4.69) is 0 Å². The molecular formula is C13H11FOS. The van der Waals surface area contributed by atoms with E-state index >= 15 is 0 Å². The van der Waals surface area contributed by atoms with Gasteiger partial charge in [-0.25, -0.2) is 4.39 Å². The van der Waals surface area contributed by atoms with Gasteiger partial charge in [-0.1, -0.05) is 30.3 Å². The van der Waals surface area contributed by atoms with Crippen molar-refractivity contribution < 1.29 is 8.94 Å². The van der Waals surface area contributed by atoms with Crippen molar-refractivity contribution in [2.45, 2.75) is 10.6 Å². The van der Waals surface area contributed by atoms with Crippen molar-refractivity contribution in [1.82, 2.24) is 0 Å². The molecule has 1 atom stereocenters. The zero-order valence-corrected chi connectivity index (χ0v) is 9.41. The minimum absolute atomic E-state index is 0.269. The Hall–Kier alpha value is -1.32. The van der Waals surface area contributed by atoms with E-state index < -0.39 is 11.2 Å². The van der Waals surface area contributed by atoms with Gasteiger partial charge in [-0.15, -0.1) is 0 Å². The fourth-order valence-corrected chi connectivity index (χ4v) is 2.51. The van der Waals surface area contributed by atoms with E-state index in [4.69, 9.17) is 0 Å². The summed E-state index contributed by atoms with van der Waals surface area (Å²) in [7, 11) is 0. The van der Waals surface area contributed by atoms with Crippen LogP contribution in [0.15, 0.2) is 59.5 Å². The molecule has 16 heavy (non-hydrogen) atoms. The summed E-state index contributed by atoms with van der Waals surface area (Å²) < 4.78 is 24.6. The quantitative estimate of drug-likeness (QED) is 0.748. The Morgan fingerprint density at radius 2 is 1.56 bits per heavy atom. The first kappa shape index (κ1) is 11.2. The Kier molecular flexibility index (Phi) is 3.59. The molecule has 2 aromatic carbocycles. The lowest BCUT2D eigenvalue weighted by atomic mass is 10.2. The van der Waals surface area contributed by atoms with Gasteiger partial charge in [0.1, 0.15) is 11.6 Å². The van der Waals surface area contributed by atoms with E-state index in [0.717, 1.165) is 10.5 Å². The van der Waals surface area contributed by atoms with Gasteiger partial charge in [0, 0.05) is 5.56 Å². The van der Waals surface area contributed by atoms with E-state index in [1.807, 2.05) is 30.3 Å². The van der Waals surface area contributed by atoms with Gasteiger partial charge >= 0.3 is 0 Å². The smallest absolute Gasteiger partial charge is 0.153 e. The first-order valence-electron chi connectivity index (χ1n) is 4.93. The van der Waals surface area contributed by atoms with Gasteiger partial charge in [0.2, 0.25) is 0 Å². The maximum Gasteiger partial charge on any atom is 0.153 e. The van der Waals surface area contributed by atoms with Crippen LogP contribution >= 0.6 is 0 Å². The maximum atomic E-state index is 12.7. The molecule has 0 aliphatic heterocycles. The topological polar surface area (TPSA) is 23.1 Å². The van der Waals surface area contributed by atoms with Crippen LogP contribution in [0.4, 0.5) is 4.39 Å². The molecule has 0 bridgehead atoms. The third-order valence-electron chi connectivity index (χ3n) is 2.22. The first-order chi connectivity index (χ1) is 7.75. The molecule has 0 aliphatic rings. The van der Waals surface area contributed by atoms with Crippen LogP contribution in [-0.4, -0.2) is 4.55 Å². The Bertz CT molecular complexity index is 441. The lowest BCUT2D eigenvalue weighted by Gasteiger charge is -2.09. The number of hydrogen-bond donors (Lipinski definition) is 0. The summed E-state index contributed by atoms with van der Waals surface area (Å²) >= 11 is -1.06. The fourth-order valence-electron chi connectivity index (χ4n) is 1.39. The van der Waals surface area contributed by atoms with E-state index in [1.165, 1.54) is 12.1 Å². The molecule has 0 saturated carbocycles. The van der Waals surface area contributed by atoms with Gasteiger partial charge in [0.25, 0.3) is 0 Å². The molecule has 2 aromatic rings. The van der Waals surface area contributed by atoms with Crippen molar-refractivity contribution in [3.8, 4) is 0 Å². The average Bonchev–Trinajstić information content (AvgIpc) is 2.33. The first-order valence-corrected chi connectivity index (χ1v) is 6.25. The van der Waals surface area contributed by atoms with Gasteiger partial charge in [-0.3, -0.25) is 0 Å². The highest BCUT2D eigenvalue weighted by molar-refractivity contribution is 7.90. The van der Waals surface area contributed by atoms with Crippen LogP contribution in [-0.2, 0) is 16.9 Å².